The number of hydrogen-bond acceptors (Lipinski definition) is 14. The summed E-state index contributed by atoms with van der Waals surface area (Å²) in [6.45, 7) is -1.44. The molecule has 8 N–H and O–H groups in total. The van der Waals surface area contributed by atoms with E-state index < -0.39 is 99.4 Å². The second kappa shape index (κ2) is 10.7. The zero-order chi connectivity index (χ0) is 22.6. The quantitative estimate of drug-likeness (QED) is 0.172. The second-order valence-corrected chi connectivity index (χ2v) is 6.87. The molecule has 0 spiro atoms. The van der Waals surface area contributed by atoms with Crippen molar-refractivity contribution >= 4 is 11.9 Å². The van der Waals surface area contributed by atoms with Crippen molar-refractivity contribution in [1.82, 2.24) is 0 Å². The van der Waals surface area contributed by atoms with Crippen molar-refractivity contribution in [2.75, 3.05) is 13.2 Å². The van der Waals surface area contributed by atoms with Crippen molar-refractivity contribution in [3.05, 3.63) is 0 Å². The highest BCUT2D eigenvalue weighted by Crippen LogP contribution is 2.24. The Morgan fingerprint density at radius 3 is 1.23 bits per heavy atom. The lowest BCUT2D eigenvalue weighted by molar-refractivity contribution is -0.294. The molecule has 0 radical (unpaired) electrons. The molecule has 14 heteroatoms. The van der Waals surface area contributed by atoms with Gasteiger partial charge in [0.05, 0.1) is 26.1 Å². The third-order valence-corrected chi connectivity index (χ3v) is 4.73. The fourth-order valence-electron chi connectivity index (χ4n) is 2.91. The first-order valence-electron chi connectivity index (χ1n) is 9.10. The number of carbonyl (C=O) groups is 2. The summed E-state index contributed by atoms with van der Waals surface area (Å²) in [5.41, 5.74) is 0. The molecular weight excluding hydrogens is 416 g/mol. The van der Waals surface area contributed by atoms with E-state index in [4.69, 9.17) is 29.2 Å². The smallest absolute Gasteiger partial charge is 0.308 e. The molecule has 30 heavy (non-hydrogen) atoms. The van der Waals surface area contributed by atoms with Gasteiger partial charge in [0.1, 0.15) is 48.8 Å². The number of rotatable bonds is 7. The highest BCUT2D eigenvalue weighted by atomic mass is 16.7. The van der Waals surface area contributed by atoms with Gasteiger partial charge in [-0.15, -0.1) is 0 Å². The van der Waals surface area contributed by atoms with Crippen LogP contribution in [0.25, 0.3) is 0 Å². The van der Waals surface area contributed by atoms with Crippen LogP contribution >= 0.6 is 0 Å². The third-order valence-electron chi connectivity index (χ3n) is 4.73. The fourth-order valence-corrected chi connectivity index (χ4v) is 2.91. The number of ether oxygens (including phenoxy) is 4. The molecule has 0 aromatic heterocycles. The van der Waals surface area contributed by atoms with Crippen LogP contribution in [0.1, 0.15) is 12.8 Å². The van der Waals surface area contributed by atoms with E-state index >= 15 is 0 Å². The second-order valence-electron chi connectivity index (χ2n) is 6.87. The molecule has 0 aliphatic carbocycles. The van der Waals surface area contributed by atoms with E-state index in [1.54, 1.807) is 0 Å². The topological polar surface area (TPSA) is 233 Å². The summed E-state index contributed by atoms with van der Waals surface area (Å²) in [6.07, 6.45) is -17.5. The Labute approximate surface area is 169 Å². The number of aliphatic hydroxyl groups is 8. The van der Waals surface area contributed by atoms with Gasteiger partial charge < -0.3 is 59.8 Å². The highest BCUT2D eigenvalue weighted by Gasteiger charge is 2.46. The van der Waals surface area contributed by atoms with Crippen LogP contribution in [-0.2, 0) is 28.5 Å². The predicted octanol–water partition coefficient (Wildman–Crippen LogP) is -5.55. The molecule has 2 aliphatic heterocycles. The normalized spacial score (nSPS) is 41.9. The van der Waals surface area contributed by atoms with Crippen LogP contribution in [0.5, 0.6) is 0 Å². The number of carbonyl (C=O) groups excluding carboxylic acids is 2. The number of esters is 2. The Morgan fingerprint density at radius 2 is 0.933 bits per heavy atom. The molecule has 2 fully saturated rings. The monoisotopic (exact) mass is 442 g/mol. The van der Waals surface area contributed by atoms with Crippen LogP contribution in [0.4, 0.5) is 0 Å². The summed E-state index contributed by atoms with van der Waals surface area (Å²) in [5, 5.41) is 76.3. The van der Waals surface area contributed by atoms with Crippen molar-refractivity contribution < 1.29 is 69.4 Å². The van der Waals surface area contributed by atoms with E-state index in [1.165, 1.54) is 0 Å². The van der Waals surface area contributed by atoms with E-state index in [1.807, 2.05) is 0 Å². The average molecular weight is 442 g/mol. The Kier molecular flexibility index (Phi) is 8.86. The molecule has 2 rings (SSSR count). The predicted molar refractivity (Wildman–Crippen MR) is 89.0 cm³/mol. The van der Waals surface area contributed by atoms with E-state index in [0.29, 0.717) is 0 Å². The standard InChI is InChI=1S/C16H26O14/c17-3-5-9(21)11(23)13(25)15(27-5)29-7(19)1-2-8(20)30-16-14(26)12(24)10(22)6(4-18)28-16/h5-6,9-18,21-26H,1-4H2/t5-,6-,9-,10-,11+,12+,13-,14-,15?,16?/m1/s1. The molecule has 2 saturated heterocycles. The molecule has 0 aromatic carbocycles. The maximum absolute atomic E-state index is 11.9. The zero-order valence-electron chi connectivity index (χ0n) is 15.6. The van der Waals surface area contributed by atoms with Gasteiger partial charge in [-0.25, -0.2) is 0 Å². The molecule has 14 nitrogen and oxygen atoms in total. The van der Waals surface area contributed by atoms with Crippen molar-refractivity contribution in [2.45, 2.75) is 74.3 Å². The largest absolute Gasteiger partial charge is 0.433 e. The summed E-state index contributed by atoms with van der Waals surface area (Å²) >= 11 is 0. The molecule has 0 saturated carbocycles. The Bertz CT molecular complexity index is 532. The average Bonchev–Trinajstić information content (AvgIpc) is 2.73. The minimum absolute atomic E-state index is 0.578. The van der Waals surface area contributed by atoms with Crippen LogP contribution in [0.3, 0.4) is 0 Å². The van der Waals surface area contributed by atoms with Crippen molar-refractivity contribution in [1.29, 1.82) is 0 Å². The van der Waals surface area contributed by atoms with E-state index in [0.717, 1.165) is 0 Å². The first-order chi connectivity index (χ1) is 14.1. The lowest BCUT2D eigenvalue weighted by Gasteiger charge is -2.39. The van der Waals surface area contributed by atoms with Gasteiger partial charge in [0, 0.05) is 0 Å². The molecule has 2 unspecified atom stereocenters. The summed E-state index contributed by atoms with van der Waals surface area (Å²) < 4.78 is 19.6. The number of aliphatic hydroxyl groups excluding tert-OH is 8. The maximum atomic E-state index is 11.9. The Hall–Kier alpha value is -1.46. The third kappa shape index (κ3) is 5.61. The molecule has 2 heterocycles. The highest BCUT2D eigenvalue weighted by molar-refractivity contribution is 5.77. The van der Waals surface area contributed by atoms with Crippen LogP contribution in [0, 0.1) is 0 Å². The van der Waals surface area contributed by atoms with Crippen molar-refractivity contribution in [3.8, 4) is 0 Å². The van der Waals surface area contributed by atoms with Crippen LogP contribution < -0.4 is 0 Å². The van der Waals surface area contributed by atoms with Crippen LogP contribution in [0.15, 0.2) is 0 Å². The van der Waals surface area contributed by atoms with Gasteiger partial charge in [0.15, 0.2) is 0 Å². The lowest BCUT2D eigenvalue weighted by Crippen LogP contribution is -2.59. The summed E-state index contributed by atoms with van der Waals surface area (Å²) in [6, 6.07) is 0. The molecule has 0 bridgehead atoms. The Balaban J connectivity index is 1.82. The first-order valence-corrected chi connectivity index (χ1v) is 9.10. The van der Waals surface area contributed by atoms with Crippen molar-refractivity contribution in [3.63, 3.8) is 0 Å². The molecule has 0 amide bonds. The summed E-state index contributed by atoms with van der Waals surface area (Å²) in [5.74, 6) is -2.10. The summed E-state index contributed by atoms with van der Waals surface area (Å²) in [7, 11) is 0. The van der Waals surface area contributed by atoms with Gasteiger partial charge in [-0.2, -0.15) is 0 Å². The van der Waals surface area contributed by atoms with Gasteiger partial charge in [-0.05, 0) is 0 Å². The van der Waals surface area contributed by atoms with Crippen LogP contribution in [-0.4, -0.2) is 127 Å². The minimum Gasteiger partial charge on any atom is -0.433 e. The van der Waals surface area contributed by atoms with Gasteiger partial charge in [0.2, 0.25) is 12.6 Å². The molecule has 174 valence electrons. The van der Waals surface area contributed by atoms with E-state index in [-0.39, 0.29) is 0 Å². The molecule has 10 atom stereocenters. The maximum Gasteiger partial charge on any atom is 0.308 e. The summed E-state index contributed by atoms with van der Waals surface area (Å²) in [4.78, 5) is 23.8. The first kappa shape index (κ1) is 24.8. The van der Waals surface area contributed by atoms with Crippen LogP contribution in [0.2, 0.25) is 0 Å². The van der Waals surface area contributed by atoms with Crippen molar-refractivity contribution in [2.24, 2.45) is 0 Å². The zero-order valence-corrected chi connectivity index (χ0v) is 15.6. The van der Waals surface area contributed by atoms with Gasteiger partial charge in [-0.1, -0.05) is 0 Å². The fraction of sp³-hybridized carbons (Fsp3) is 0.875. The number of hydrogen-bond donors (Lipinski definition) is 8. The Morgan fingerprint density at radius 1 is 0.600 bits per heavy atom. The van der Waals surface area contributed by atoms with Gasteiger partial charge in [-0.3, -0.25) is 9.59 Å². The van der Waals surface area contributed by atoms with Gasteiger partial charge in [0.25, 0.3) is 0 Å². The molecular formula is C16H26O14. The lowest BCUT2D eigenvalue weighted by atomic mass is 9.99. The van der Waals surface area contributed by atoms with Gasteiger partial charge >= 0.3 is 11.9 Å². The van der Waals surface area contributed by atoms with E-state index in [9.17, 15) is 40.2 Å². The van der Waals surface area contributed by atoms with E-state index in [2.05, 4.69) is 0 Å². The minimum atomic E-state index is -1.80. The SMILES string of the molecule is O=C(CCC(=O)OC1O[C@H](CO)[C@@H](O)[C@H](O)[C@H]1O)OC1O[C@H](CO)[C@@H](O)[C@H](O)[C@H]1O. The molecule has 0 aromatic rings. The molecule has 2 aliphatic rings.